The number of anilines is 1. The second-order valence-corrected chi connectivity index (χ2v) is 5.62. The lowest BCUT2D eigenvalue weighted by Gasteiger charge is -2.03. The number of hydrogen-bond donors (Lipinski definition) is 1. The summed E-state index contributed by atoms with van der Waals surface area (Å²) < 4.78 is 2.00. The fourth-order valence-electron chi connectivity index (χ4n) is 2.18. The third kappa shape index (κ3) is 1.44. The summed E-state index contributed by atoms with van der Waals surface area (Å²) in [6, 6.07) is 3.87. The molecule has 0 amide bonds. The summed E-state index contributed by atoms with van der Waals surface area (Å²) in [6.07, 6.45) is 1.78. The summed E-state index contributed by atoms with van der Waals surface area (Å²) in [5.41, 5.74) is 10.1. The van der Waals surface area contributed by atoms with Crippen LogP contribution in [0.3, 0.4) is 0 Å². The van der Waals surface area contributed by atoms with Crippen LogP contribution < -0.4 is 5.73 Å². The third-order valence-corrected chi connectivity index (χ3v) is 4.30. The molecule has 3 aromatic rings. The fourth-order valence-corrected chi connectivity index (χ4v) is 3.11. The number of pyridine rings is 1. The van der Waals surface area contributed by atoms with E-state index in [0.29, 0.717) is 0 Å². The Balaban J connectivity index is 2.35. The van der Waals surface area contributed by atoms with Crippen LogP contribution in [0.5, 0.6) is 0 Å². The third-order valence-electron chi connectivity index (χ3n) is 3.26. The molecule has 3 aromatic heterocycles. The highest BCUT2D eigenvalue weighted by Gasteiger charge is 2.18. The Bertz CT molecular complexity index is 739. The molecule has 0 atom stereocenters. The van der Waals surface area contributed by atoms with E-state index in [2.05, 4.69) is 23.8 Å². The van der Waals surface area contributed by atoms with Crippen LogP contribution in [-0.4, -0.2) is 14.5 Å². The van der Waals surface area contributed by atoms with Crippen molar-refractivity contribution in [3.05, 3.63) is 28.8 Å². The Morgan fingerprint density at radius 1 is 1.33 bits per heavy atom. The zero-order valence-corrected chi connectivity index (χ0v) is 11.4. The van der Waals surface area contributed by atoms with E-state index in [-0.39, 0.29) is 0 Å². The van der Waals surface area contributed by atoms with Gasteiger partial charge in [-0.2, -0.15) is 0 Å². The molecule has 3 heterocycles. The molecule has 2 N–H and O–H groups in total. The number of nitrogens with zero attached hydrogens (tertiary/aromatic N) is 3. The van der Waals surface area contributed by atoms with Crippen LogP contribution in [0.25, 0.3) is 22.6 Å². The van der Waals surface area contributed by atoms with Crippen molar-refractivity contribution in [1.82, 2.24) is 14.5 Å². The van der Waals surface area contributed by atoms with Crippen LogP contribution in [0, 0.1) is 13.8 Å². The minimum Gasteiger partial charge on any atom is -0.390 e. The minimum atomic E-state index is 0.823. The van der Waals surface area contributed by atoms with Crippen molar-refractivity contribution >= 4 is 27.5 Å². The van der Waals surface area contributed by atoms with Crippen molar-refractivity contribution in [3.8, 4) is 11.4 Å². The van der Waals surface area contributed by atoms with Gasteiger partial charge in [-0.3, -0.25) is 0 Å². The first-order chi connectivity index (χ1) is 8.59. The quantitative estimate of drug-likeness (QED) is 0.730. The Morgan fingerprint density at radius 2 is 2.11 bits per heavy atom. The van der Waals surface area contributed by atoms with Crippen LogP contribution in [0.2, 0.25) is 0 Å². The molecule has 0 bridgehead atoms. The maximum absolute atomic E-state index is 6.11. The molecular formula is C13H14N4S. The van der Waals surface area contributed by atoms with Gasteiger partial charge in [0.1, 0.15) is 11.3 Å². The normalized spacial score (nSPS) is 11.3. The largest absolute Gasteiger partial charge is 0.390 e. The molecule has 0 aliphatic carbocycles. The average Bonchev–Trinajstić information content (AvgIpc) is 2.79. The summed E-state index contributed by atoms with van der Waals surface area (Å²) in [5, 5.41) is 0.823. The number of rotatable bonds is 1. The summed E-state index contributed by atoms with van der Waals surface area (Å²) in [5.74, 6) is 0.892. The first-order valence-electron chi connectivity index (χ1n) is 5.73. The molecule has 0 radical (unpaired) electrons. The van der Waals surface area contributed by atoms with Crippen LogP contribution in [0.1, 0.15) is 10.4 Å². The number of fused-ring (bicyclic) bond motifs is 1. The summed E-state index contributed by atoms with van der Waals surface area (Å²) in [6.45, 7) is 4.17. The number of nitrogens with two attached hydrogens (primary N) is 1. The van der Waals surface area contributed by atoms with Crippen molar-refractivity contribution < 1.29 is 0 Å². The van der Waals surface area contributed by atoms with E-state index < -0.39 is 0 Å². The second-order valence-electron chi connectivity index (χ2n) is 4.36. The Labute approximate surface area is 109 Å². The number of hydrogen-bond acceptors (Lipinski definition) is 4. The van der Waals surface area contributed by atoms with Crippen molar-refractivity contribution in [2.45, 2.75) is 13.8 Å². The number of imidazole rings is 1. The highest BCUT2D eigenvalue weighted by atomic mass is 32.1. The summed E-state index contributed by atoms with van der Waals surface area (Å²) in [7, 11) is 1.98. The second kappa shape index (κ2) is 3.81. The zero-order valence-electron chi connectivity index (χ0n) is 10.6. The van der Waals surface area contributed by atoms with Gasteiger partial charge in [-0.15, -0.1) is 11.3 Å². The van der Waals surface area contributed by atoms with Gasteiger partial charge in [0.05, 0.1) is 10.6 Å². The van der Waals surface area contributed by atoms with Gasteiger partial charge in [0.25, 0.3) is 0 Å². The minimum absolute atomic E-state index is 0.823. The van der Waals surface area contributed by atoms with Gasteiger partial charge in [-0.1, -0.05) is 0 Å². The molecule has 18 heavy (non-hydrogen) atoms. The molecule has 0 saturated heterocycles. The molecule has 0 fully saturated rings. The molecule has 0 aromatic carbocycles. The molecule has 4 nitrogen and oxygen atoms in total. The van der Waals surface area contributed by atoms with Crippen LogP contribution in [-0.2, 0) is 7.05 Å². The Kier molecular flexibility index (Phi) is 2.38. The molecule has 0 unspecified atom stereocenters. The van der Waals surface area contributed by atoms with E-state index in [4.69, 9.17) is 5.73 Å². The highest BCUT2D eigenvalue weighted by molar-refractivity contribution is 7.16. The standard InChI is InChI=1S/C13H14N4S/c1-7-8(2)18-11(14)10(7)13-16-9-5-4-6-15-12(9)17(13)3/h4-6H,14H2,1-3H3. The highest BCUT2D eigenvalue weighted by Crippen LogP contribution is 2.38. The van der Waals surface area contributed by atoms with E-state index in [1.807, 2.05) is 23.7 Å². The molecule has 0 aliphatic heterocycles. The van der Waals surface area contributed by atoms with Crippen LogP contribution in [0.15, 0.2) is 18.3 Å². The van der Waals surface area contributed by atoms with E-state index in [9.17, 15) is 0 Å². The number of aromatic nitrogens is 3. The monoisotopic (exact) mass is 258 g/mol. The van der Waals surface area contributed by atoms with E-state index >= 15 is 0 Å². The van der Waals surface area contributed by atoms with E-state index in [1.165, 1.54) is 10.4 Å². The van der Waals surface area contributed by atoms with Gasteiger partial charge < -0.3 is 10.3 Å². The summed E-state index contributed by atoms with van der Waals surface area (Å²) >= 11 is 1.61. The molecule has 0 spiro atoms. The van der Waals surface area contributed by atoms with Crippen molar-refractivity contribution in [1.29, 1.82) is 0 Å². The number of aryl methyl sites for hydroxylation is 2. The molecule has 92 valence electrons. The maximum Gasteiger partial charge on any atom is 0.160 e. The van der Waals surface area contributed by atoms with Gasteiger partial charge in [0.2, 0.25) is 0 Å². The summed E-state index contributed by atoms with van der Waals surface area (Å²) in [4.78, 5) is 10.2. The molecule has 3 rings (SSSR count). The van der Waals surface area contributed by atoms with Crippen LogP contribution in [0.4, 0.5) is 5.00 Å². The predicted octanol–water partition coefficient (Wildman–Crippen LogP) is 2.90. The first kappa shape index (κ1) is 11.2. The molecular weight excluding hydrogens is 244 g/mol. The smallest absolute Gasteiger partial charge is 0.160 e. The lowest BCUT2D eigenvalue weighted by atomic mass is 10.1. The van der Waals surface area contributed by atoms with Crippen LogP contribution >= 0.6 is 11.3 Å². The molecule has 5 heteroatoms. The van der Waals surface area contributed by atoms with Gasteiger partial charge in [-0.05, 0) is 31.5 Å². The van der Waals surface area contributed by atoms with Crippen molar-refractivity contribution in [2.24, 2.45) is 7.05 Å². The first-order valence-corrected chi connectivity index (χ1v) is 6.54. The Morgan fingerprint density at radius 3 is 2.72 bits per heavy atom. The average molecular weight is 258 g/mol. The number of thiophene rings is 1. The SMILES string of the molecule is Cc1sc(N)c(-c2nc3cccnc3n2C)c1C. The zero-order chi connectivity index (χ0) is 12.9. The van der Waals surface area contributed by atoms with Gasteiger partial charge in [0.15, 0.2) is 5.65 Å². The van der Waals surface area contributed by atoms with Crippen molar-refractivity contribution in [3.63, 3.8) is 0 Å². The van der Waals surface area contributed by atoms with Gasteiger partial charge in [0, 0.05) is 18.1 Å². The maximum atomic E-state index is 6.11. The fraction of sp³-hybridized carbons (Fsp3) is 0.231. The lowest BCUT2D eigenvalue weighted by Crippen LogP contribution is -1.96. The molecule has 0 aliphatic rings. The molecule has 0 saturated carbocycles. The lowest BCUT2D eigenvalue weighted by molar-refractivity contribution is 0.941. The predicted molar refractivity (Wildman–Crippen MR) is 75.7 cm³/mol. The Hall–Kier alpha value is -1.88. The van der Waals surface area contributed by atoms with E-state index in [0.717, 1.165) is 27.6 Å². The van der Waals surface area contributed by atoms with Crippen molar-refractivity contribution in [2.75, 3.05) is 5.73 Å². The topological polar surface area (TPSA) is 56.7 Å². The number of nitrogen functional groups attached to an aromatic ring is 1. The van der Waals surface area contributed by atoms with E-state index in [1.54, 1.807) is 17.5 Å². The van der Waals surface area contributed by atoms with Gasteiger partial charge >= 0.3 is 0 Å². The van der Waals surface area contributed by atoms with Gasteiger partial charge in [-0.25, -0.2) is 9.97 Å².